The third kappa shape index (κ3) is 4.96. The maximum Gasteiger partial charge on any atom is 0.192 e. The molecule has 0 N–H and O–H groups in total. The molecule has 28 heavy (non-hydrogen) atoms. The highest BCUT2D eigenvalue weighted by atomic mass is 35.5. The third-order valence-corrected chi connectivity index (χ3v) is 12.4. The van der Waals surface area contributed by atoms with Gasteiger partial charge < -0.3 is 9.33 Å². The van der Waals surface area contributed by atoms with E-state index in [1.54, 1.807) is 0 Å². The first kappa shape index (κ1) is 22.2. The molecule has 0 bridgehead atoms. The van der Waals surface area contributed by atoms with Gasteiger partial charge in [-0.2, -0.15) is 5.10 Å². The van der Waals surface area contributed by atoms with Gasteiger partial charge in [0.1, 0.15) is 0 Å². The molecular weight excluding hydrogens is 386 g/mol. The van der Waals surface area contributed by atoms with Crippen molar-refractivity contribution in [2.75, 3.05) is 18.1 Å². The minimum absolute atomic E-state index is 0.259. The van der Waals surface area contributed by atoms with Crippen LogP contribution in [0.25, 0.3) is 0 Å². The summed E-state index contributed by atoms with van der Waals surface area (Å²) in [6.07, 6.45) is 9.68. The van der Waals surface area contributed by atoms with Crippen molar-refractivity contribution >= 4 is 25.6 Å². The molecule has 2 fully saturated rings. The number of rotatable bonds is 6. The van der Waals surface area contributed by atoms with Crippen molar-refractivity contribution in [3.05, 3.63) is 11.9 Å². The predicted molar refractivity (Wildman–Crippen MR) is 122 cm³/mol. The van der Waals surface area contributed by atoms with E-state index in [0.717, 1.165) is 31.8 Å². The highest BCUT2D eigenvalue weighted by molar-refractivity contribution is 6.74. The number of nitrogens with zero attached hydrogens (tertiary/aromatic N) is 3. The van der Waals surface area contributed by atoms with Gasteiger partial charge in [-0.15, -0.1) is 11.6 Å². The van der Waals surface area contributed by atoms with E-state index in [9.17, 15) is 0 Å². The first-order valence-electron chi connectivity index (χ1n) is 11.2. The maximum atomic E-state index is 6.59. The lowest BCUT2D eigenvalue weighted by molar-refractivity contribution is 0.263. The van der Waals surface area contributed by atoms with Crippen molar-refractivity contribution < 1.29 is 4.43 Å². The largest absolute Gasteiger partial charge is 0.415 e. The zero-order chi connectivity index (χ0) is 20.5. The Morgan fingerprint density at radius 3 is 2.57 bits per heavy atom. The zero-order valence-electron chi connectivity index (χ0n) is 18.8. The number of alkyl halides is 1. The standard InChI is InChI=1S/C22H40ClN3OSi/c1-17-21(15-25(24-17)14-18-10-7-8-12-20(18)23)26-13-9-11-19(26)16-27-28(5,6)22(2,3)4/h15,18-20H,7-14,16H2,1-6H3/t18-,19?,20?/m0/s1. The average Bonchev–Trinajstić information content (AvgIpc) is 3.20. The second-order valence-electron chi connectivity index (χ2n) is 10.4. The van der Waals surface area contributed by atoms with Gasteiger partial charge in [-0.3, -0.25) is 4.68 Å². The summed E-state index contributed by atoms with van der Waals surface area (Å²) >= 11 is 6.59. The average molecular weight is 426 g/mol. The van der Waals surface area contributed by atoms with Crippen molar-refractivity contribution in [3.63, 3.8) is 0 Å². The van der Waals surface area contributed by atoms with Crippen LogP contribution in [-0.2, 0) is 11.0 Å². The molecule has 160 valence electrons. The van der Waals surface area contributed by atoms with E-state index in [4.69, 9.17) is 21.1 Å². The molecule has 0 radical (unpaired) electrons. The van der Waals surface area contributed by atoms with Crippen LogP contribution in [0.15, 0.2) is 6.20 Å². The Hall–Kier alpha value is -0.523. The Kier molecular flexibility index (Phi) is 6.88. The van der Waals surface area contributed by atoms with Gasteiger partial charge in [-0.05, 0) is 56.7 Å². The number of aryl methyl sites for hydroxylation is 1. The molecule has 1 saturated heterocycles. The van der Waals surface area contributed by atoms with Gasteiger partial charge in [-0.1, -0.05) is 33.6 Å². The van der Waals surface area contributed by atoms with Crippen molar-refractivity contribution in [3.8, 4) is 0 Å². The molecule has 6 heteroatoms. The molecule has 1 aliphatic carbocycles. The Morgan fingerprint density at radius 2 is 1.89 bits per heavy atom. The van der Waals surface area contributed by atoms with Gasteiger partial charge in [0.2, 0.25) is 0 Å². The summed E-state index contributed by atoms with van der Waals surface area (Å²) in [5.74, 6) is 0.554. The fourth-order valence-corrected chi connectivity index (χ4v) is 5.74. The molecule has 2 heterocycles. The van der Waals surface area contributed by atoms with Gasteiger partial charge in [-0.25, -0.2) is 0 Å². The van der Waals surface area contributed by atoms with E-state index >= 15 is 0 Å². The summed E-state index contributed by atoms with van der Waals surface area (Å²) in [6, 6.07) is 0.473. The van der Waals surface area contributed by atoms with Gasteiger partial charge in [0.25, 0.3) is 0 Å². The normalized spacial score (nSPS) is 26.8. The lowest BCUT2D eigenvalue weighted by Crippen LogP contribution is -2.44. The van der Waals surface area contributed by atoms with Crippen molar-refractivity contribution in [2.45, 2.75) is 102 Å². The Morgan fingerprint density at radius 1 is 1.18 bits per heavy atom. The SMILES string of the molecule is Cc1nn(C[C@@H]2CCCCC2Cl)cc1N1CCCC1CO[Si](C)(C)C(C)(C)C. The van der Waals surface area contributed by atoms with Gasteiger partial charge in [0.15, 0.2) is 8.32 Å². The van der Waals surface area contributed by atoms with Crippen LogP contribution in [-0.4, -0.2) is 42.7 Å². The van der Waals surface area contributed by atoms with Gasteiger partial charge >= 0.3 is 0 Å². The molecule has 1 saturated carbocycles. The zero-order valence-corrected chi connectivity index (χ0v) is 20.6. The first-order chi connectivity index (χ1) is 13.1. The topological polar surface area (TPSA) is 30.3 Å². The minimum Gasteiger partial charge on any atom is -0.415 e. The van der Waals surface area contributed by atoms with E-state index in [0.29, 0.717) is 17.3 Å². The van der Waals surface area contributed by atoms with Gasteiger partial charge in [0, 0.05) is 24.7 Å². The van der Waals surface area contributed by atoms with Crippen LogP contribution in [0.3, 0.4) is 0 Å². The second kappa shape index (κ2) is 8.69. The molecule has 3 atom stereocenters. The Balaban J connectivity index is 1.66. The molecule has 1 aliphatic heterocycles. The lowest BCUT2D eigenvalue weighted by Gasteiger charge is -2.38. The van der Waals surface area contributed by atoms with Crippen LogP contribution < -0.4 is 4.90 Å². The van der Waals surface area contributed by atoms with Crippen molar-refractivity contribution in [1.82, 2.24) is 9.78 Å². The molecular formula is C22H40ClN3OSi. The molecule has 2 unspecified atom stereocenters. The number of aromatic nitrogens is 2. The summed E-state index contributed by atoms with van der Waals surface area (Å²) in [5, 5.41) is 5.41. The maximum absolute atomic E-state index is 6.59. The first-order valence-corrected chi connectivity index (χ1v) is 14.5. The molecule has 4 nitrogen and oxygen atoms in total. The van der Waals surface area contributed by atoms with E-state index in [-0.39, 0.29) is 5.04 Å². The van der Waals surface area contributed by atoms with Crippen LogP contribution in [0.4, 0.5) is 5.69 Å². The van der Waals surface area contributed by atoms with Crippen LogP contribution in [0, 0.1) is 12.8 Å². The van der Waals surface area contributed by atoms with Crippen molar-refractivity contribution in [2.24, 2.45) is 5.92 Å². The summed E-state index contributed by atoms with van der Waals surface area (Å²) in [4.78, 5) is 2.55. The number of hydrogen-bond acceptors (Lipinski definition) is 3. The van der Waals surface area contributed by atoms with E-state index in [2.05, 4.69) is 56.6 Å². The number of anilines is 1. The van der Waals surface area contributed by atoms with Crippen LogP contribution >= 0.6 is 11.6 Å². The summed E-state index contributed by atoms with van der Waals surface area (Å²) in [6.45, 7) is 16.7. The monoisotopic (exact) mass is 425 g/mol. The quantitative estimate of drug-likeness (QED) is 0.414. The Bertz CT molecular complexity index is 655. The molecule has 2 aliphatic rings. The van der Waals surface area contributed by atoms with Crippen molar-refractivity contribution in [1.29, 1.82) is 0 Å². The van der Waals surface area contributed by atoms with Crippen LogP contribution in [0.1, 0.15) is 65.0 Å². The summed E-state index contributed by atoms with van der Waals surface area (Å²) in [5.41, 5.74) is 2.43. The highest BCUT2D eigenvalue weighted by Gasteiger charge is 2.39. The van der Waals surface area contributed by atoms with E-state index in [1.807, 2.05) is 0 Å². The Labute approximate surface area is 178 Å². The summed E-state index contributed by atoms with van der Waals surface area (Å²) < 4.78 is 8.72. The molecule has 0 amide bonds. The number of halogens is 1. The fourth-order valence-electron chi connectivity index (χ4n) is 4.34. The van der Waals surface area contributed by atoms with E-state index < -0.39 is 8.32 Å². The fraction of sp³-hybridized carbons (Fsp3) is 0.864. The molecule has 3 rings (SSSR count). The second-order valence-corrected chi connectivity index (χ2v) is 15.8. The third-order valence-electron chi connectivity index (χ3n) is 7.29. The number of hydrogen-bond donors (Lipinski definition) is 0. The predicted octanol–water partition coefficient (Wildman–Crippen LogP) is 5.98. The van der Waals surface area contributed by atoms with Gasteiger partial charge in [0.05, 0.1) is 24.0 Å². The smallest absolute Gasteiger partial charge is 0.192 e. The molecule has 0 spiro atoms. The molecule has 1 aromatic heterocycles. The molecule has 0 aromatic carbocycles. The summed E-state index contributed by atoms with van der Waals surface area (Å²) in [7, 11) is -1.71. The molecule has 1 aromatic rings. The minimum atomic E-state index is -1.71. The van der Waals surface area contributed by atoms with Crippen LogP contribution in [0.2, 0.25) is 18.1 Å². The van der Waals surface area contributed by atoms with E-state index in [1.165, 1.54) is 37.8 Å². The van der Waals surface area contributed by atoms with Crippen LogP contribution in [0.5, 0.6) is 0 Å². The highest BCUT2D eigenvalue weighted by Crippen LogP contribution is 2.38. The lowest BCUT2D eigenvalue weighted by atomic mass is 9.89.